The molecule has 3 atom stereocenters. The molecule has 0 saturated carbocycles. The normalized spacial score (nSPS) is 21.2. The topological polar surface area (TPSA) is 41.9 Å². The van der Waals surface area contributed by atoms with Crippen molar-refractivity contribution in [2.45, 2.75) is 83.8 Å². The number of fused-ring (bicyclic) bond motifs is 1. The summed E-state index contributed by atoms with van der Waals surface area (Å²) in [4.78, 5) is 2.43. The van der Waals surface area contributed by atoms with E-state index in [1.165, 1.54) is 16.7 Å². The van der Waals surface area contributed by atoms with Gasteiger partial charge >= 0.3 is 0 Å². The van der Waals surface area contributed by atoms with E-state index < -0.39 is 14.4 Å². The van der Waals surface area contributed by atoms with Gasteiger partial charge in [0.1, 0.15) is 0 Å². The van der Waals surface area contributed by atoms with Crippen molar-refractivity contribution < 1.29 is 14.3 Å². The molecule has 0 amide bonds. The van der Waals surface area contributed by atoms with Crippen LogP contribution in [0.4, 0.5) is 0 Å². The molecule has 0 spiro atoms. The highest BCUT2D eigenvalue weighted by Crippen LogP contribution is 2.38. The molecule has 1 heterocycles. The predicted molar refractivity (Wildman–Crippen MR) is 128 cm³/mol. The van der Waals surface area contributed by atoms with Gasteiger partial charge in [0.25, 0.3) is 0 Å². The summed E-state index contributed by atoms with van der Waals surface area (Å²) in [5.41, 5.74) is 3.93. The maximum atomic E-state index is 10.8. The quantitative estimate of drug-likeness (QED) is 0.422. The maximum Gasteiger partial charge on any atom is 0.192 e. The Morgan fingerprint density at radius 1 is 1.23 bits per heavy atom. The number of ether oxygens (including phenoxy) is 1. The molecule has 0 saturated heterocycles. The summed E-state index contributed by atoms with van der Waals surface area (Å²) in [5.74, 6) is 0. The summed E-state index contributed by atoms with van der Waals surface area (Å²) in [7, 11) is -0.0905. The minimum Gasteiger partial charge on any atom is -0.415 e. The van der Waals surface area contributed by atoms with Gasteiger partial charge in [-0.1, -0.05) is 56.7 Å². The molecule has 0 bridgehead atoms. The van der Waals surface area contributed by atoms with Crippen LogP contribution >= 0.6 is 0 Å². The Bertz CT molecular complexity index is 707. The summed E-state index contributed by atoms with van der Waals surface area (Å²) in [6.07, 6.45) is 3.34. The molecule has 0 radical (unpaired) electrons. The van der Waals surface area contributed by atoms with Crippen LogP contribution in [0.15, 0.2) is 35.9 Å². The van der Waals surface area contributed by atoms with Gasteiger partial charge in [-0.15, -0.1) is 0 Å². The van der Waals surface area contributed by atoms with Gasteiger partial charge < -0.3 is 14.3 Å². The fourth-order valence-electron chi connectivity index (χ4n) is 3.83. The Labute approximate surface area is 185 Å². The number of benzene rings is 1. The predicted octanol–water partition coefficient (Wildman–Crippen LogP) is 5.34. The van der Waals surface area contributed by atoms with Crippen LogP contribution in [0.1, 0.15) is 58.2 Å². The molecule has 4 nitrogen and oxygen atoms in total. The number of hydrogen-bond acceptors (Lipinski definition) is 4. The van der Waals surface area contributed by atoms with Gasteiger partial charge in [-0.05, 0) is 55.9 Å². The zero-order chi connectivity index (χ0) is 22.5. The SMILES string of the molecule is COC[C@@H]1c2ccccc2C[C@@H](CO[Si](C)(C)C(C)(C)C)N1C[C@@H](O)CC=C(C)C. The third-order valence-electron chi connectivity index (χ3n) is 6.73. The second kappa shape index (κ2) is 10.6. The number of hydrogen-bond donors (Lipinski definition) is 1. The van der Waals surface area contributed by atoms with Crippen LogP contribution < -0.4 is 0 Å². The standard InChI is InChI=1S/C25H43NO3Si/c1-19(2)13-14-22(27)16-26-21(17-29-30(7,8)25(3,4)5)15-20-11-9-10-12-23(20)24(26)18-28-6/h9-13,21-22,24,27H,14-18H2,1-8H3/t21-,22-,24+/m0/s1. The molecular formula is C25H43NO3Si. The van der Waals surface area contributed by atoms with Crippen molar-refractivity contribution in [1.82, 2.24) is 4.90 Å². The summed E-state index contributed by atoms with van der Waals surface area (Å²) >= 11 is 0. The van der Waals surface area contributed by atoms with Crippen LogP contribution in [0, 0.1) is 0 Å². The van der Waals surface area contributed by atoms with E-state index in [2.05, 4.69) is 83.0 Å². The van der Waals surface area contributed by atoms with E-state index in [0.29, 0.717) is 26.2 Å². The van der Waals surface area contributed by atoms with Gasteiger partial charge in [-0.2, -0.15) is 0 Å². The number of aliphatic hydroxyl groups excluding tert-OH is 1. The Kier molecular flexibility index (Phi) is 8.89. The first kappa shape index (κ1) is 25.3. The lowest BCUT2D eigenvalue weighted by molar-refractivity contribution is -0.00118. The van der Waals surface area contributed by atoms with Gasteiger partial charge in [0.2, 0.25) is 0 Å². The lowest BCUT2D eigenvalue weighted by atomic mass is 9.88. The summed E-state index contributed by atoms with van der Waals surface area (Å²) in [6, 6.07) is 9.03. The van der Waals surface area contributed by atoms with E-state index in [1.54, 1.807) is 7.11 Å². The summed E-state index contributed by atoms with van der Waals surface area (Å²) in [6.45, 7) is 17.6. The molecule has 0 aliphatic carbocycles. The van der Waals surface area contributed by atoms with Gasteiger partial charge in [0.05, 0.1) is 18.8 Å². The van der Waals surface area contributed by atoms with E-state index in [0.717, 1.165) is 6.42 Å². The number of methoxy groups -OCH3 is 1. The monoisotopic (exact) mass is 433 g/mol. The Morgan fingerprint density at radius 2 is 1.90 bits per heavy atom. The van der Waals surface area contributed by atoms with Gasteiger partial charge in [0, 0.05) is 26.3 Å². The average molecular weight is 434 g/mol. The van der Waals surface area contributed by atoms with Crippen molar-refractivity contribution >= 4 is 8.32 Å². The lowest BCUT2D eigenvalue weighted by Gasteiger charge is -2.45. The van der Waals surface area contributed by atoms with Gasteiger partial charge in [-0.25, -0.2) is 0 Å². The van der Waals surface area contributed by atoms with Crippen molar-refractivity contribution in [2.24, 2.45) is 0 Å². The van der Waals surface area contributed by atoms with E-state index in [-0.39, 0.29) is 17.1 Å². The minimum atomic E-state index is -1.85. The van der Waals surface area contributed by atoms with Crippen LogP contribution in [0.5, 0.6) is 0 Å². The molecule has 170 valence electrons. The van der Waals surface area contributed by atoms with Crippen molar-refractivity contribution in [3.63, 3.8) is 0 Å². The second-order valence-electron chi connectivity index (χ2n) is 10.5. The van der Waals surface area contributed by atoms with E-state index >= 15 is 0 Å². The van der Waals surface area contributed by atoms with Crippen molar-refractivity contribution in [3.8, 4) is 0 Å². The number of nitrogens with zero attached hydrogens (tertiary/aromatic N) is 1. The van der Waals surface area contributed by atoms with Crippen molar-refractivity contribution in [1.29, 1.82) is 0 Å². The van der Waals surface area contributed by atoms with Crippen LogP contribution in [0.3, 0.4) is 0 Å². The molecule has 2 rings (SSSR count). The summed E-state index contributed by atoms with van der Waals surface area (Å²) < 4.78 is 12.3. The highest BCUT2D eigenvalue weighted by atomic mass is 28.4. The third-order valence-corrected chi connectivity index (χ3v) is 11.2. The highest BCUT2D eigenvalue weighted by Gasteiger charge is 2.40. The Hall–Kier alpha value is -0.983. The first-order chi connectivity index (χ1) is 14.0. The zero-order valence-corrected chi connectivity index (χ0v) is 21.4. The lowest BCUT2D eigenvalue weighted by Crippen LogP contribution is -2.52. The minimum absolute atomic E-state index is 0.134. The maximum absolute atomic E-state index is 10.8. The van der Waals surface area contributed by atoms with Crippen LogP contribution in [-0.2, 0) is 15.6 Å². The summed E-state index contributed by atoms with van der Waals surface area (Å²) in [5, 5.41) is 11.0. The van der Waals surface area contributed by atoms with Gasteiger partial charge in [-0.3, -0.25) is 4.90 Å². The first-order valence-electron chi connectivity index (χ1n) is 11.2. The molecule has 0 aromatic heterocycles. The average Bonchev–Trinajstić information content (AvgIpc) is 2.66. The molecule has 1 aliphatic heterocycles. The molecule has 1 N–H and O–H groups in total. The molecule has 30 heavy (non-hydrogen) atoms. The highest BCUT2D eigenvalue weighted by molar-refractivity contribution is 6.74. The molecule has 1 aromatic rings. The smallest absolute Gasteiger partial charge is 0.192 e. The molecule has 1 aliphatic rings. The Morgan fingerprint density at radius 3 is 2.50 bits per heavy atom. The number of aliphatic hydroxyl groups is 1. The fourth-order valence-corrected chi connectivity index (χ4v) is 4.88. The largest absolute Gasteiger partial charge is 0.415 e. The van der Waals surface area contributed by atoms with Crippen LogP contribution in [-0.4, -0.2) is 57.3 Å². The van der Waals surface area contributed by atoms with Crippen LogP contribution in [0.2, 0.25) is 18.1 Å². The Balaban J connectivity index is 2.29. The van der Waals surface area contributed by atoms with Crippen molar-refractivity contribution in [2.75, 3.05) is 26.9 Å². The molecular weight excluding hydrogens is 390 g/mol. The van der Waals surface area contributed by atoms with Gasteiger partial charge in [0.15, 0.2) is 8.32 Å². The molecule has 0 fully saturated rings. The molecule has 0 unspecified atom stereocenters. The number of rotatable bonds is 9. The molecule has 1 aromatic carbocycles. The second-order valence-corrected chi connectivity index (χ2v) is 15.3. The van der Waals surface area contributed by atoms with Crippen LogP contribution in [0.25, 0.3) is 0 Å². The van der Waals surface area contributed by atoms with E-state index in [9.17, 15) is 5.11 Å². The number of β-amino-alcohol motifs (C(OH)–C–C–N with tert-alkyl or cyclic N) is 1. The van der Waals surface area contributed by atoms with E-state index in [4.69, 9.17) is 9.16 Å². The fraction of sp³-hybridized carbons (Fsp3) is 0.680. The van der Waals surface area contributed by atoms with Crippen molar-refractivity contribution in [3.05, 3.63) is 47.0 Å². The zero-order valence-electron chi connectivity index (χ0n) is 20.4. The number of allylic oxidation sites excluding steroid dienone is 1. The first-order valence-corrected chi connectivity index (χ1v) is 14.1. The third kappa shape index (κ3) is 6.51. The molecule has 5 heteroatoms. The van der Waals surface area contributed by atoms with E-state index in [1.807, 2.05) is 0 Å².